The Bertz CT molecular complexity index is 834. The van der Waals surface area contributed by atoms with E-state index in [4.69, 9.17) is 5.26 Å². The summed E-state index contributed by atoms with van der Waals surface area (Å²) in [6.45, 7) is 6.15. The average molecular weight is 348 g/mol. The molecule has 1 aliphatic rings. The first-order valence-corrected chi connectivity index (χ1v) is 9.00. The molecule has 1 atom stereocenters. The summed E-state index contributed by atoms with van der Waals surface area (Å²) in [5.41, 5.74) is 4.39. The number of nitrogens with zero attached hydrogens (tertiary/aromatic N) is 2. The van der Waals surface area contributed by atoms with Crippen LogP contribution in [0.1, 0.15) is 30.9 Å². The van der Waals surface area contributed by atoms with Gasteiger partial charge >= 0.3 is 0 Å². The number of carbonyl (C=O) groups is 1. The number of rotatable bonds is 5. The molecule has 0 aromatic heterocycles. The number of amides is 1. The molecular formula is C21H24N4O. The number of nitriles is 1. The predicted octanol–water partition coefficient (Wildman–Crippen LogP) is 3.91. The van der Waals surface area contributed by atoms with Gasteiger partial charge in [-0.25, -0.2) is 0 Å². The molecule has 0 unspecified atom stereocenters. The predicted molar refractivity (Wildman–Crippen MR) is 105 cm³/mol. The summed E-state index contributed by atoms with van der Waals surface area (Å²) in [5.74, 6) is -0.172. The number of hydrogen-bond acceptors (Lipinski definition) is 4. The van der Waals surface area contributed by atoms with Gasteiger partial charge in [-0.2, -0.15) is 5.26 Å². The van der Waals surface area contributed by atoms with Crippen LogP contribution >= 0.6 is 0 Å². The second kappa shape index (κ2) is 7.92. The van der Waals surface area contributed by atoms with E-state index in [1.807, 2.05) is 13.0 Å². The molecule has 2 aromatic carbocycles. The van der Waals surface area contributed by atoms with Crippen molar-refractivity contribution < 1.29 is 4.79 Å². The van der Waals surface area contributed by atoms with E-state index in [2.05, 4.69) is 40.7 Å². The first-order chi connectivity index (χ1) is 12.6. The second-order valence-electron chi connectivity index (χ2n) is 6.71. The Kier molecular flexibility index (Phi) is 5.43. The number of nitrogens with one attached hydrogen (secondary N) is 2. The number of benzene rings is 2. The molecule has 1 aliphatic heterocycles. The molecule has 1 saturated heterocycles. The number of anilines is 3. The first kappa shape index (κ1) is 17.8. The van der Waals surface area contributed by atoms with E-state index in [1.54, 1.807) is 24.3 Å². The highest BCUT2D eigenvalue weighted by atomic mass is 16.2. The Balaban J connectivity index is 1.65. The summed E-state index contributed by atoms with van der Waals surface area (Å²) in [4.78, 5) is 14.9. The van der Waals surface area contributed by atoms with Gasteiger partial charge in [0.05, 0.1) is 11.3 Å². The third-order valence-corrected chi connectivity index (χ3v) is 4.73. The standard InChI is InChI=1S/C21H24N4O/c1-15-13-18(9-10-20(15)25-11-5-6-12-25)23-16(2)21(26)24-19-8-4-3-7-17(19)14-22/h3-4,7-10,13,16,23H,5-6,11-12H2,1-2H3,(H,24,26)/t16-/m1/s1. The lowest BCUT2D eigenvalue weighted by Gasteiger charge is -2.22. The summed E-state index contributed by atoms with van der Waals surface area (Å²) in [5, 5.41) is 15.2. The van der Waals surface area contributed by atoms with Crippen molar-refractivity contribution in [3.63, 3.8) is 0 Å². The third kappa shape index (κ3) is 3.97. The van der Waals surface area contributed by atoms with Crippen molar-refractivity contribution in [1.82, 2.24) is 0 Å². The summed E-state index contributed by atoms with van der Waals surface area (Å²) in [7, 11) is 0. The normalized spacial score (nSPS) is 14.6. The Labute approximate surface area is 154 Å². The van der Waals surface area contributed by atoms with Crippen molar-refractivity contribution in [2.75, 3.05) is 28.6 Å². The van der Waals surface area contributed by atoms with Crippen molar-refractivity contribution in [3.05, 3.63) is 53.6 Å². The number of carbonyl (C=O) groups excluding carboxylic acids is 1. The highest BCUT2D eigenvalue weighted by Crippen LogP contribution is 2.27. The third-order valence-electron chi connectivity index (χ3n) is 4.73. The molecule has 0 spiro atoms. The lowest BCUT2D eigenvalue weighted by atomic mass is 10.1. The van der Waals surface area contributed by atoms with E-state index in [9.17, 15) is 4.79 Å². The van der Waals surface area contributed by atoms with E-state index >= 15 is 0 Å². The Morgan fingerprint density at radius 1 is 1.19 bits per heavy atom. The van der Waals surface area contributed by atoms with E-state index in [1.165, 1.54) is 24.1 Å². The van der Waals surface area contributed by atoms with Gasteiger partial charge in [0.1, 0.15) is 12.1 Å². The molecule has 3 rings (SSSR count). The molecule has 0 saturated carbocycles. The van der Waals surface area contributed by atoms with Gasteiger partial charge < -0.3 is 15.5 Å². The molecule has 1 amide bonds. The zero-order valence-electron chi connectivity index (χ0n) is 15.2. The van der Waals surface area contributed by atoms with E-state index < -0.39 is 6.04 Å². The van der Waals surface area contributed by atoms with Gasteiger partial charge in [-0.15, -0.1) is 0 Å². The van der Waals surface area contributed by atoms with Gasteiger partial charge in [0.15, 0.2) is 0 Å². The van der Waals surface area contributed by atoms with Crippen molar-refractivity contribution in [2.24, 2.45) is 0 Å². The SMILES string of the molecule is Cc1cc(N[C@H](C)C(=O)Nc2ccccc2C#N)ccc1N1CCCC1. The topological polar surface area (TPSA) is 68.2 Å². The molecule has 1 fully saturated rings. The molecule has 2 aromatic rings. The molecule has 5 heteroatoms. The smallest absolute Gasteiger partial charge is 0.246 e. The van der Waals surface area contributed by atoms with E-state index in [-0.39, 0.29) is 5.91 Å². The number of para-hydroxylation sites is 1. The van der Waals surface area contributed by atoms with Crippen LogP contribution in [-0.2, 0) is 4.79 Å². The molecular weight excluding hydrogens is 324 g/mol. The largest absolute Gasteiger partial charge is 0.374 e. The minimum absolute atomic E-state index is 0.172. The van der Waals surface area contributed by atoms with Gasteiger partial charge in [0.25, 0.3) is 0 Å². The summed E-state index contributed by atoms with van der Waals surface area (Å²) in [6, 6.07) is 14.9. The molecule has 0 radical (unpaired) electrons. The van der Waals surface area contributed by atoms with Crippen molar-refractivity contribution in [3.8, 4) is 6.07 Å². The van der Waals surface area contributed by atoms with Gasteiger partial charge in [-0.3, -0.25) is 4.79 Å². The summed E-state index contributed by atoms with van der Waals surface area (Å²) >= 11 is 0. The molecule has 0 bridgehead atoms. The average Bonchev–Trinajstić information content (AvgIpc) is 3.16. The fourth-order valence-electron chi connectivity index (χ4n) is 3.30. The highest BCUT2D eigenvalue weighted by Gasteiger charge is 2.17. The first-order valence-electron chi connectivity index (χ1n) is 9.00. The quantitative estimate of drug-likeness (QED) is 0.860. The zero-order valence-corrected chi connectivity index (χ0v) is 15.2. The van der Waals surface area contributed by atoms with E-state index in [0.29, 0.717) is 11.3 Å². The van der Waals surface area contributed by atoms with Crippen LogP contribution in [0, 0.1) is 18.3 Å². The maximum atomic E-state index is 12.5. The monoisotopic (exact) mass is 348 g/mol. The fraction of sp³-hybridized carbons (Fsp3) is 0.333. The Morgan fingerprint density at radius 3 is 2.62 bits per heavy atom. The van der Waals surface area contributed by atoms with Crippen LogP contribution in [0.25, 0.3) is 0 Å². The van der Waals surface area contributed by atoms with Gasteiger partial charge in [-0.1, -0.05) is 12.1 Å². The maximum Gasteiger partial charge on any atom is 0.246 e. The van der Waals surface area contributed by atoms with Crippen LogP contribution in [0.15, 0.2) is 42.5 Å². The Hall–Kier alpha value is -3.00. The van der Waals surface area contributed by atoms with Crippen LogP contribution in [0.3, 0.4) is 0 Å². The van der Waals surface area contributed by atoms with Crippen LogP contribution in [0.2, 0.25) is 0 Å². The maximum absolute atomic E-state index is 12.5. The van der Waals surface area contributed by atoms with Crippen molar-refractivity contribution in [1.29, 1.82) is 5.26 Å². The molecule has 2 N–H and O–H groups in total. The summed E-state index contributed by atoms with van der Waals surface area (Å²) in [6.07, 6.45) is 2.50. The van der Waals surface area contributed by atoms with Gasteiger partial charge in [-0.05, 0) is 62.6 Å². The molecule has 5 nitrogen and oxygen atoms in total. The molecule has 26 heavy (non-hydrogen) atoms. The lowest BCUT2D eigenvalue weighted by molar-refractivity contribution is -0.116. The van der Waals surface area contributed by atoms with Crippen LogP contribution in [0.4, 0.5) is 17.1 Å². The Morgan fingerprint density at radius 2 is 1.92 bits per heavy atom. The fourth-order valence-corrected chi connectivity index (χ4v) is 3.30. The molecule has 1 heterocycles. The molecule has 0 aliphatic carbocycles. The highest BCUT2D eigenvalue weighted by molar-refractivity contribution is 5.97. The number of hydrogen-bond donors (Lipinski definition) is 2. The van der Waals surface area contributed by atoms with Gasteiger partial charge in [0, 0.05) is 24.5 Å². The van der Waals surface area contributed by atoms with Crippen LogP contribution in [0.5, 0.6) is 0 Å². The van der Waals surface area contributed by atoms with Crippen LogP contribution < -0.4 is 15.5 Å². The van der Waals surface area contributed by atoms with Crippen LogP contribution in [-0.4, -0.2) is 25.0 Å². The van der Waals surface area contributed by atoms with Gasteiger partial charge in [0.2, 0.25) is 5.91 Å². The number of aryl methyl sites for hydroxylation is 1. The lowest BCUT2D eigenvalue weighted by Crippen LogP contribution is -2.32. The second-order valence-corrected chi connectivity index (χ2v) is 6.71. The van der Waals surface area contributed by atoms with Crippen molar-refractivity contribution in [2.45, 2.75) is 32.7 Å². The minimum Gasteiger partial charge on any atom is -0.374 e. The summed E-state index contributed by atoms with van der Waals surface area (Å²) < 4.78 is 0. The minimum atomic E-state index is -0.418. The zero-order chi connectivity index (χ0) is 18.5. The van der Waals surface area contributed by atoms with Crippen molar-refractivity contribution >= 4 is 23.0 Å². The van der Waals surface area contributed by atoms with E-state index in [0.717, 1.165) is 18.8 Å². The molecule has 134 valence electrons.